The molecule has 0 unspecified atom stereocenters. The monoisotopic (exact) mass is 241 g/mol. The lowest BCUT2D eigenvalue weighted by molar-refractivity contribution is -0.115. The molecule has 15 heavy (non-hydrogen) atoms. The quantitative estimate of drug-likeness (QED) is 0.705. The number of thiocarbonyl (C=S) groups is 1. The highest BCUT2D eigenvalue weighted by atomic mass is 32.2. The first-order valence-electron chi connectivity index (χ1n) is 4.35. The summed E-state index contributed by atoms with van der Waals surface area (Å²) in [6.07, 6.45) is 0. The van der Waals surface area contributed by atoms with E-state index in [2.05, 4.69) is 0 Å². The first-order valence-corrected chi connectivity index (χ1v) is 5.75. The topological polar surface area (TPSA) is 20.3 Å². The number of rotatable bonds is 1. The van der Waals surface area contributed by atoms with E-state index in [1.54, 1.807) is 19.1 Å². The molecule has 1 amide bonds. The molecule has 1 heterocycles. The molecule has 5 heteroatoms. The molecule has 2 nitrogen and oxygen atoms in total. The maximum atomic E-state index is 13.3. The number of benzene rings is 1. The molecule has 0 aromatic heterocycles. The Bertz CT molecular complexity index is 431. The summed E-state index contributed by atoms with van der Waals surface area (Å²) in [5.74, 6) is -0.0674. The smallest absolute Gasteiger partial charge is 0.243 e. The molecular formula is C10H8FNOS2. The summed E-state index contributed by atoms with van der Waals surface area (Å²) in [6, 6.07) is 4.68. The van der Waals surface area contributed by atoms with Crippen molar-refractivity contribution in [1.82, 2.24) is 0 Å². The molecule has 0 spiro atoms. The van der Waals surface area contributed by atoms with Gasteiger partial charge in [0.2, 0.25) is 5.91 Å². The van der Waals surface area contributed by atoms with Gasteiger partial charge in [0, 0.05) is 0 Å². The van der Waals surface area contributed by atoms with Crippen LogP contribution in [0.5, 0.6) is 0 Å². The van der Waals surface area contributed by atoms with E-state index in [0.717, 1.165) is 0 Å². The Morgan fingerprint density at radius 1 is 1.53 bits per heavy atom. The third-order valence-electron chi connectivity index (χ3n) is 2.16. The van der Waals surface area contributed by atoms with E-state index in [1.807, 2.05) is 0 Å². The average Bonchev–Trinajstić information content (AvgIpc) is 2.52. The maximum Gasteiger partial charge on any atom is 0.243 e. The Kier molecular flexibility index (Phi) is 2.75. The summed E-state index contributed by atoms with van der Waals surface area (Å²) in [5.41, 5.74) is 1.07. The summed E-state index contributed by atoms with van der Waals surface area (Å²) in [7, 11) is 0. The highest BCUT2D eigenvalue weighted by Crippen LogP contribution is 2.27. The van der Waals surface area contributed by atoms with Gasteiger partial charge in [0.1, 0.15) is 10.1 Å². The summed E-state index contributed by atoms with van der Waals surface area (Å²) in [4.78, 5) is 12.9. The minimum atomic E-state index is -0.319. The second-order valence-electron chi connectivity index (χ2n) is 3.22. The molecule has 0 atom stereocenters. The molecule has 78 valence electrons. The van der Waals surface area contributed by atoms with Crippen LogP contribution in [-0.4, -0.2) is 16.0 Å². The number of hydrogen-bond donors (Lipinski definition) is 0. The van der Waals surface area contributed by atoms with Crippen molar-refractivity contribution in [2.75, 3.05) is 10.7 Å². The Morgan fingerprint density at radius 3 is 2.80 bits per heavy atom. The van der Waals surface area contributed by atoms with Gasteiger partial charge in [0.15, 0.2) is 0 Å². The Balaban J connectivity index is 2.41. The number of thioether (sulfide) groups is 1. The predicted molar refractivity (Wildman–Crippen MR) is 63.7 cm³/mol. The van der Waals surface area contributed by atoms with Gasteiger partial charge >= 0.3 is 0 Å². The van der Waals surface area contributed by atoms with Gasteiger partial charge in [-0.25, -0.2) is 4.39 Å². The molecule has 0 aliphatic carbocycles. The fourth-order valence-corrected chi connectivity index (χ4v) is 2.42. The molecule has 1 aliphatic heterocycles. The van der Waals surface area contributed by atoms with Gasteiger partial charge in [-0.2, -0.15) is 0 Å². The Labute approximate surface area is 96.5 Å². The first-order chi connectivity index (χ1) is 7.09. The number of anilines is 1. The largest absolute Gasteiger partial charge is 0.273 e. The van der Waals surface area contributed by atoms with Crippen molar-refractivity contribution < 1.29 is 9.18 Å². The third kappa shape index (κ3) is 1.89. The number of hydrogen-bond acceptors (Lipinski definition) is 3. The summed E-state index contributed by atoms with van der Waals surface area (Å²) in [6.45, 7) is 1.68. The van der Waals surface area contributed by atoms with Crippen LogP contribution in [0.4, 0.5) is 10.1 Å². The summed E-state index contributed by atoms with van der Waals surface area (Å²) in [5, 5.41) is 0. The molecular weight excluding hydrogens is 233 g/mol. The van der Waals surface area contributed by atoms with Crippen LogP contribution in [-0.2, 0) is 4.79 Å². The minimum absolute atomic E-state index is 0.0896. The summed E-state index contributed by atoms with van der Waals surface area (Å²) >= 11 is 6.32. The van der Waals surface area contributed by atoms with E-state index >= 15 is 0 Å². The van der Waals surface area contributed by atoms with Gasteiger partial charge in [-0.3, -0.25) is 9.69 Å². The van der Waals surface area contributed by atoms with E-state index in [4.69, 9.17) is 12.2 Å². The lowest BCUT2D eigenvalue weighted by Gasteiger charge is -2.15. The lowest BCUT2D eigenvalue weighted by Crippen LogP contribution is -2.27. The van der Waals surface area contributed by atoms with Gasteiger partial charge in [0.25, 0.3) is 0 Å². The molecule has 1 aromatic rings. The predicted octanol–water partition coefficient (Wildman–Crippen LogP) is 2.50. The van der Waals surface area contributed by atoms with Crippen LogP contribution in [0.1, 0.15) is 5.56 Å². The maximum absolute atomic E-state index is 13.3. The van der Waals surface area contributed by atoms with E-state index in [-0.39, 0.29) is 11.7 Å². The second-order valence-corrected chi connectivity index (χ2v) is 4.83. The second kappa shape index (κ2) is 3.90. The minimum Gasteiger partial charge on any atom is -0.273 e. The van der Waals surface area contributed by atoms with Crippen molar-refractivity contribution in [3.8, 4) is 0 Å². The van der Waals surface area contributed by atoms with Crippen molar-refractivity contribution in [1.29, 1.82) is 0 Å². The van der Waals surface area contributed by atoms with Crippen molar-refractivity contribution in [2.24, 2.45) is 0 Å². The molecule has 1 aliphatic rings. The van der Waals surface area contributed by atoms with Gasteiger partial charge < -0.3 is 0 Å². The number of nitrogens with zero attached hydrogens (tertiary/aromatic N) is 1. The number of aryl methyl sites for hydroxylation is 1. The highest BCUT2D eigenvalue weighted by molar-refractivity contribution is 8.24. The number of carbonyl (C=O) groups excluding carboxylic acids is 1. The van der Waals surface area contributed by atoms with Crippen molar-refractivity contribution in [3.05, 3.63) is 29.6 Å². The van der Waals surface area contributed by atoms with Crippen LogP contribution in [0.3, 0.4) is 0 Å². The standard InChI is InChI=1S/C10H8FNOS2/c1-6-2-3-7(4-8(6)11)12-9(13)5-15-10(12)14/h2-4H,5H2,1H3. The molecule has 0 saturated carbocycles. The van der Waals surface area contributed by atoms with Crippen LogP contribution in [0, 0.1) is 12.7 Å². The van der Waals surface area contributed by atoms with E-state index in [0.29, 0.717) is 21.3 Å². The van der Waals surface area contributed by atoms with Crippen molar-refractivity contribution >= 4 is 39.9 Å². The fraction of sp³-hybridized carbons (Fsp3) is 0.200. The SMILES string of the molecule is Cc1ccc(N2C(=O)CSC2=S)cc1F. The Hall–Kier alpha value is -0.940. The molecule has 0 N–H and O–H groups in total. The molecule has 1 saturated heterocycles. The zero-order valence-electron chi connectivity index (χ0n) is 7.99. The number of carbonyl (C=O) groups is 1. The van der Waals surface area contributed by atoms with Crippen LogP contribution < -0.4 is 4.90 Å². The molecule has 2 rings (SSSR count). The fourth-order valence-electron chi connectivity index (χ4n) is 1.32. The third-order valence-corrected chi connectivity index (χ3v) is 3.52. The lowest BCUT2D eigenvalue weighted by atomic mass is 10.2. The van der Waals surface area contributed by atoms with Crippen LogP contribution in [0.15, 0.2) is 18.2 Å². The van der Waals surface area contributed by atoms with Crippen LogP contribution >= 0.6 is 24.0 Å². The van der Waals surface area contributed by atoms with E-state index in [9.17, 15) is 9.18 Å². The first kappa shape index (κ1) is 10.6. The molecule has 0 bridgehead atoms. The van der Waals surface area contributed by atoms with Gasteiger partial charge in [-0.1, -0.05) is 30.0 Å². The highest BCUT2D eigenvalue weighted by Gasteiger charge is 2.28. The summed E-state index contributed by atoms with van der Waals surface area (Å²) < 4.78 is 13.8. The number of halogens is 1. The van der Waals surface area contributed by atoms with Gasteiger partial charge in [-0.15, -0.1) is 0 Å². The zero-order valence-corrected chi connectivity index (χ0v) is 9.62. The normalized spacial score (nSPS) is 16.3. The Morgan fingerprint density at radius 2 is 2.27 bits per heavy atom. The molecule has 0 radical (unpaired) electrons. The van der Waals surface area contributed by atoms with E-state index in [1.165, 1.54) is 22.7 Å². The zero-order chi connectivity index (χ0) is 11.0. The molecule has 1 fully saturated rings. The van der Waals surface area contributed by atoms with E-state index < -0.39 is 0 Å². The van der Waals surface area contributed by atoms with Crippen LogP contribution in [0.2, 0.25) is 0 Å². The number of amides is 1. The average molecular weight is 241 g/mol. The van der Waals surface area contributed by atoms with Crippen LogP contribution in [0.25, 0.3) is 0 Å². The molecule has 1 aromatic carbocycles. The van der Waals surface area contributed by atoms with Gasteiger partial charge in [-0.05, 0) is 24.6 Å². The van der Waals surface area contributed by atoms with Gasteiger partial charge in [0.05, 0.1) is 11.4 Å². The van der Waals surface area contributed by atoms with Crippen molar-refractivity contribution in [2.45, 2.75) is 6.92 Å². The van der Waals surface area contributed by atoms with Crippen molar-refractivity contribution in [3.63, 3.8) is 0 Å².